The summed E-state index contributed by atoms with van der Waals surface area (Å²) in [5.74, 6) is -4.81. The normalized spacial score (nSPS) is 16.6. The molecule has 0 N–H and O–H groups in total. The number of urea groups is 1. The maximum Gasteiger partial charge on any atom is 0.333 e. The third-order valence-corrected chi connectivity index (χ3v) is 4.72. The molecule has 0 aliphatic carbocycles. The maximum absolute atomic E-state index is 14.7. The van der Waals surface area contributed by atoms with Gasteiger partial charge < -0.3 is 0 Å². The minimum atomic E-state index is -2.14. The molecule has 1 heterocycles. The molecular weight excluding hydrogens is 423 g/mol. The number of hydrogen-bond donors (Lipinski definition) is 0. The van der Waals surface area contributed by atoms with Crippen LogP contribution in [0.1, 0.15) is 35.5 Å². The quantitative estimate of drug-likeness (QED) is 0.497. The average molecular weight is 440 g/mol. The van der Waals surface area contributed by atoms with Gasteiger partial charge in [0.15, 0.2) is 0 Å². The zero-order valence-corrected chi connectivity index (χ0v) is 16.2. The standard InChI is InChI=1S/C21H17F5N2O3/c1-11-2-12(4-14(22)3-11)17(25)9-27-19(29)8-20(30)28(21(27)31)10-18(26)13-5-15(23)7-16(24)6-13/h2-7,17-18H,8-10H2,1H3/t17-,18+/m1/s1. The van der Waals surface area contributed by atoms with Gasteiger partial charge in [-0.25, -0.2) is 26.7 Å². The molecule has 3 rings (SSSR count). The van der Waals surface area contributed by atoms with Gasteiger partial charge in [0.05, 0.1) is 13.1 Å². The third-order valence-electron chi connectivity index (χ3n) is 4.72. The van der Waals surface area contributed by atoms with Crippen molar-refractivity contribution in [3.05, 3.63) is 70.5 Å². The van der Waals surface area contributed by atoms with Crippen molar-refractivity contribution < 1.29 is 36.3 Å². The number of amides is 4. The van der Waals surface area contributed by atoms with Gasteiger partial charge in [-0.1, -0.05) is 6.07 Å². The molecule has 0 aromatic heterocycles. The second-order valence-electron chi connectivity index (χ2n) is 7.17. The summed E-state index contributed by atoms with van der Waals surface area (Å²) in [6, 6.07) is 4.10. The van der Waals surface area contributed by atoms with E-state index in [0.717, 1.165) is 6.07 Å². The Balaban J connectivity index is 1.77. The summed E-state index contributed by atoms with van der Waals surface area (Å²) >= 11 is 0. The summed E-state index contributed by atoms with van der Waals surface area (Å²) in [5.41, 5.74) is -0.131. The lowest BCUT2D eigenvalue weighted by Crippen LogP contribution is -2.56. The summed E-state index contributed by atoms with van der Waals surface area (Å²) in [6.07, 6.45) is -4.90. The van der Waals surface area contributed by atoms with Gasteiger partial charge >= 0.3 is 6.03 Å². The van der Waals surface area contributed by atoms with E-state index in [0.29, 0.717) is 33.6 Å². The SMILES string of the molecule is Cc1cc(F)cc([C@H](F)CN2C(=O)CC(=O)N(C[C@H](F)c3cc(F)cc(F)c3)C2=O)c1. The predicted molar refractivity (Wildman–Crippen MR) is 98.6 cm³/mol. The summed E-state index contributed by atoms with van der Waals surface area (Å²) in [7, 11) is 0. The molecule has 1 saturated heterocycles. The van der Waals surface area contributed by atoms with Crippen molar-refractivity contribution in [3.8, 4) is 0 Å². The van der Waals surface area contributed by atoms with Crippen molar-refractivity contribution in [2.75, 3.05) is 13.1 Å². The molecule has 4 amide bonds. The molecule has 1 aliphatic rings. The highest BCUT2D eigenvalue weighted by atomic mass is 19.1. The Bertz CT molecular complexity index is 926. The van der Waals surface area contributed by atoms with Crippen LogP contribution >= 0.6 is 0 Å². The van der Waals surface area contributed by atoms with Crippen LogP contribution in [-0.4, -0.2) is 40.7 Å². The number of barbiturate groups is 1. The van der Waals surface area contributed by atoms with E-state index >= 15 is 0 Å². The maximum atomic E-state index is 14.7. The first-order chi connectivity index (χ1) is 14.5. The van der Waals surface area contributed by atoms with Crippen molar-refractivity contribution in [1.29, 1.82) is 0 Å². The largest absolute Gasteiger partial charge is 0.333 e. The van der Waals surface area contributed by atoms with Crippen LogP contribution < -0.4 is 0 Å². The highest BCUT2D eigenvalue weighted by Crippen LogP contribution is 2.26. The number of carbonyl (C=O) groups is 3. The molecule has 0 radical (unpaired) electrons. The van der Waals surface area contributed by atoms with Gasteiger partial charge in [0.2, 0.25) is 11.8 Å². The van der Waals surface area contributed by atoms with Crippen molar-refractivity contribution in [2.24, 2.45) is 0 Å². The lowest BCUT2D eigenvalue weighted by molar-refractivity contribution is -0.143. The molecule has 10 heteroatoms. The highest BCUT2D eigenvalue weighted by molar-refractivity contribution is 6.14. The summed E-state index contributed by atoms with van der Waals surface area (Å²) in [5, 5.41) is 0. The van der Waals surface area contributed by atoms with Gasteiger partial charge in [0, 0.05) is 6.07 Å². The van der Waals surface area contributed by atoms with E-state index in [1.807, 2.05) is 0 Å². The fourth-order valence-corrected chi connectivity index (χ4v) is 3.27. The Kier molecular flexibility index (Phi) is 6.37. The minimum Gasteiger partial charge on any atom is -0.274 e. The van der Waals surface area contributed by atoms with Crippen LogP contribution in [-0.2, 0) is 9.59 Å². The Morgan fingerprint density at radius 2 is 1.16 bits per heavy atom. The summed E-state index contributed by atoms with van der Waals surface area (Å²) in [6.45, 7) is -0.191. The highest BCUT2D eigenvalue weighted by Gasteiger charge is 2.40. The van der Waals surface area contributed by atoms with Crippen molar-refractivity contribution in [3.63, 3.8) is 0 Å². The van der Waals surface area contributed by atoms with Crippen molar-refractivity contribution in [2.45, 2.75) is 25.7 Å². The second-order valence-corrected chi connectivity index (χ2v) is 7.17. The molecule has 2 atom stereocenters. The van der Waals surface area contributed by atoms with Gasteiger partial charge in [-0.3, -0.25) is 19.4 Å². The number of carbonyl (C=O) groups excluding carboxylic acids is 3. The number of hydrogen-bond acceptors (Lipinski definition) is 3. The number of rotatable bonds is 6. The molecule has 0 saturated carbocycles. The summed E-state index contributed by atoms with van der Waals surface area (Å²) < 4.78 is 69.4. The van der Waals surface area contributed by atoms with E-state index < -0.39 is 72.7 Å². The number of alkyl halides is 2. The first kappa shape index (κ1) is 22.4. The molecule has 0 unspecified atom stereocenters. The zero-order valence-electron chi connectivity index (χ0n) is 16.2. The number of nitrogens with zero attached hydrogens (tertiary/aromatic N) is 2. The molecule has 5 nitrogen and oxygen atoms in total. The van der Waals surface area contributed by atoms with Crippen molar-refractivity contribution >= 4 is 17.8 Å². The van der Waals surface area contributed by atoms with E-state index in [4.69, 9.17) is 0 Å². The summed E-state index contributed by atoms with van der Waals surface area (Å²) in [4.78, 5) is 37.7. The zero-order chi connectivity index (χ0) is 22.9. The van der Waals surface area contributed by atoms with Crippen LogP contribution in [0.3, 0.4) is 0 Å². The fourth-order valence-electron chi connectivity index (χ4n) is 3.27. The number of imide groups is 2. The third kappa shape index (κ3) is 5.07. The minimum absolute atomic E-state index is 0.111. The van der Waals surface area contributed by atoms with Crippen molar-refractivity contribution in [1.82, 2.24) is 9.80 Å². The second kappa shape index (κ2) is 8.83. The molecular formula is C21H17F5N2O3. The van der Waals surface area contributed by atoms with Gasteiger partial charge in [-0.15, -0.1) is 0 Å². The Labute approximate surface area is 174 Å². The van der Waals surface area contributed by atoms with Gasteiger partial charge in [0.1, 0.15) is 36.2 Å². The molecule has 0 spiro atoms. The monoisotopic (exact) mass is 440 g/mol. The van der Waals surface area contributed by atoms with Gasteiger partial charge in [-0.05, 0) is 47.9 Å². The van der Waals surface area contributed by atoms with E-state index in [1.54, 1.807) is 0 Å². The van der Waals surface area contributed by atoms with E-state index in [2.05, 4.69) is 0 Å². The predicted octanol–water partition coefficient (Wildman–Crippen LogP) is 4.31. The first-order valence-corrected chi connectivity index (χ1v) is 9.21. The number of benzene rings is 2. The average Bonchev–Trinajstić information content (AvgIpc) is 2.66. The lowest BCUT2D eigenvalue weighted by Gasteiger charge is -2.34. The van der Waals surface area contributed by atoms with E-state index in [9.17, 15) is 36.3 Å². The molecule has 164 valence electrons. The Morgan fingerprint density at radius 1 is 0.742 bits per heavy atom. The molecule has 1 aliphatic heterocycles. The van der Waals surface area contributed by atoms with E-state index in [1.165, 1.54) is 19.1 Å². The van der Waals surface area contributed by atoms with Crippen LogP contribution in [0.5, 0.6) is 0 Å². The number of aryl methyl sites for hydroxylation is 1. The van der Waals surface area contributed by atoms with Crippen LogP contribution in [0.15, 0.2) is 36.4 Å². The fraction of sp³-hybridized carbons (Fsp3) is 0.286. The topological polar surface area (TPSA) is 57.7 Å². The van der Waals surface area contributed by atoms with Crippen LogP contribution in [0.4, 0.5) is 26.7 Å². The Hall–Kier alpha value is -3.30. The first-order valence-electron chi connectivity index (χ1n) is 9.21. The van der Waals surface area contributed by atoms with Gasteiger partial charge in [-0.2, -0.15) is 0 Å². The smallest absolute Gasteiger partial charge is 0.274 e. The molecule has 1 fully saturated rings. The molecule has 2 aromatic carbocycles. The number of halogens is 5. The van der Waals surface area contributed by atoms with E-state index in [-0.39, 0.29) is 5.56 Å². The van der Waals surface area contributed by atoms with Crippen LogP contribution in [0.2, 0.25) is 0 Å². The van der Waals surface area contributed by atoms with Gasteiger partial charge in [0.25, 0.3) is 0 Å². The van der Waals surface area contributed by atoms with Crippen LogP contribution in [0.25, 0.3) is 0 Å². The lowest BCUT2D eigenvalue weighted by atomic mass is 10.1. The molecule has 31 heavy (non-hydrogen) atoms. The molecule has 0 bridgehead atoms. The molecule has 2 aromatic rings. The van der Waals surface area contributed by atoms with Crippen LogP contribution in [0, 0.1) is 24.4 Å². The Morgan fingerprint density at radius 3 is 1.61 bits per heavy atom.